The molecule has 0 unspecified atom stereocenters. The Hall–Kier alpha value is -2.56. The summed E-state index contributed by atoms with van der Waals surface area (Å²) in [7, 11) is 1.35. The van der Waals surface area contributed by atoms with E-state index in [1.54, 1.807) is 19.1 Å². The number of carbonyl (C=O) groups excluding carboxylic acids is 1. The molecule has 0 bridgehead atoms. The van der Waals surface area contributed by atoms with E-state index in [0.717, 1.165) is 17.0 Å². The molecule has 0 fully saturated rings. The number of carbonyl (C=O) groups is 1. The molecule has 0 N–H and O–H groups in total. The minimum atomic E-state index is -0.382. The molecule has 0 saturated carbocycles. The van der Waals surface area contributed by atoms with E-state index in [2.05, 4.69) is 4.98 Å². The zero-order chi connectivity index (χ0) is 14.1. The van der Waals surface area contributed by atoms with Crippen LogP contribution in [0.1, 0.15) is 16.1 Å². The molecule has 102 valence electrons. The molecule has 1 aromatic heterocycles. The van der Waals surface area contributed by atoms with E-state index in [0.29, 0.717) is 17.0 Å². The second-order valence-electron chi connectivity index (χ2n) is 4.39. The Balaban J connectivity index is 1.99. The van der Waals surface area contributed by atoms with Crippen molar-refractivity contribution in [3.8, 4) is 22.8 Å². The minimum Gasteiger partial charge on any atom is -0.465 e. The highest BCUT2D eigenvalue weighted by molar-refractivity contribution is 5.90. The largest absolute Gasteiger partial charge is 0.465 e. The predicted octanol–water partition coefficient (Wildman–Crippen LogP) is 2.57. The Kier molecular flexibility index (Phi) is 3.02. The molecule has 1 aliphatic rings. The number of aromatic nitrogens is 1. The normalized spacial score (nSPS) is 12.3. The van der Waals surface area contributed by atoms with Crippen molar-refractivity contribution >= 4 is 5.97 Å². The van der Waals surface area contributed by atoms with Gasteiger partial charge >= 0.3 is 5.97 Å². The van der Waals surface area contributed by atoms with Crippen LogP contribution in [-0.4, -0.2) is 24.9 Å². The van der Waals surface area contributed by atoms with Crippen molar-refractivity contribution in [1.82, 2.24) is 4.98 Å². The van der Waals surface area contributed by atoms with Gasteiger partial charge in [-0.1, -0.05) is 0 Å². The van der Waals surface area contributed by atoms with Crippen molar-refractivity contribution in [1.29, 1.82) is 0 Å². The quantitative estimate of drug-likeness (QED) is 0.786. The SMILES string of the molecule is COC(=O)c1ccc(-c2ccc3c(c2)OCO3)nc1C. The van der Waals surface area contributed by atoms with Gasteiger partial charge in [0.1, 0.15) is 0 Å². The number of esters is 1. The van der Waals surface area contributed by atoms with Crippen molar-refractivity contribution < 1.29 is 19.0 Å². The van der Waals surface area contributed by atoms with Gasteiger partial charge in [-0.15, -0.1) is 0 Å². The standard InChI is InChI=1S/C15H13NO4/c1-9-11(15(17)18-2)4-5-12(16-9)10-3-6-13-14(7-10)20-8-19-13/h3-7H,8H2,1-2H3. The molecule has 1 aromatic carbocycles. The van der Waals surface area contributed by atoms with Gasteiger partial charge in [0.2, 0.25) is 6.79 Å². The second kappa shape index (κ2) is 4.85. The lowest BCUT2D eigenvalue weighted by Crippen LogP contribution is -2.05. The van der Waals surface area contributed by atoms with E-state index < -0.39 is 0 Å². The third kappa shape index (κ3) is 2.07. The predicted molar refractivity (Wildman–Crippen MR) is 71.9 cm³/mol. The third-order valence-electron chi connectivity index (χ3n) is 3.16. The Morgan fingerprint density at radius 1 is 1.20 bits per heavy atom. The maximum atomic E-state index is 11.5. The van der Waals surface area contributed by atoms with Crippen LogP contribution >= 0.6 is 0 Å². The van der Waals surface area contributed by atoms with Gasteiger partial charge in [-0.2, -0.15) is 0 Å². The van der Waals surface area contributed by atoms with Crippen LogP contribution in [0.2, 0.25) is 0 Å². The molecular formula is C15H13NO4. The summed E-state index contributed by atoms with van der Waals surface area (Å²) >= 11 is 0. The molecule has 20 heavy (non-hydrogen) atoms. The minimum absolute atomic E-state index is 0.243. The number of fused-ring (bicyclic) bond motifs is 1. The number of aryl methyl sites for hydroxylation is 1. The molecule has 0 spiro atoms. The van der Waals surface area contributed by atoms with Gasteiger partial charge in [0.05, 0.1) is 24.1 Å². The van der Waals surface area contributed by atoms with Crippen LogP contribution in [0.3, 0.4) is 0 Å². The summed E-state index contributed by atoms with van der Waals surface area (Å²) < 4.78 is 15.3. The monoisotopic (exact) mass is 271 g/mol. The summed E-state index contributed by atoms with van der Waals surface area (Å²) in [5, 5.41) is 0. The van der Waals surface area contributed by atoms with E-state index in [1.807, 2.05) is 18.2 Å². The molecule has 2 heterocycles. The van der Waals surface area contributed by atoms with Gasteiger partial charge in [-0.25, -0.2) is 4.79 Å². The molecule has 5 heteroatoms. The van der Waals surface area contributed by atoms with Gasteiger partial charge in [-0.3, -0.25) is 4.98 Å². The fourth-order valence-electron chi connectivity index (χ4n) is 2.10. The van der Waals surface area contributed by atoms with E-state index >= 15 is 0 Å². The van der Waals surface area contributed by atoms with Crippen LogP contribution in [0.25, 0.3) is 11.3 Å². The number of ether oxygens (including phenoxy) is 3. The Morgan fingerprint density at radius 2 is 2.00 bits per heavy atom. The topological polar surface area (TPSA) is 57.7 Å². The van der Waals surface area contributed by atoms with Gasteiger partial charge in [0, 0.05) is 5.56 Å². The first kappa shape index (κ1) is 12.5. The number of hydrogen-bond donors (Lipinski definition) is 0. The third-order valence-corrected chi connectivity index (χ3v) is 3.16. The highest BCUT2D eigenvalue weighted by atomic mass is 16.7. The number of hydrogen-bond acceptors (Lipinski definition) is 5. The lowest BCUT2D eigenvalue weighted by Gasteiger charge is -2.07. The Bertz CT molecular complexity index is 682. The smallest absolute Gasteiger partial charge is 0.339 e. The first-order valence-corrected chi connectivity index (χ1v) is 6.15. The fraction of sp³-hybridized carbons (Fsp3) is 0.200. The van der Waals surface area contributed by atoms with Gasteiger partial charge in [-0.05, 0) is 37.3 Å². The number of nitrogens with zero attached hydrogens (tertiary/aromatic N) is 1. The molecule has 5 nitrogen and oxygen atoms in total. The van der Waals surface area contributed by atoms with Crippen molar-refractivity contribution in [2.45, 2.75) is 6.92 Å². The molecule has 2 aromatic rings. The Labute approximate surface area is 116 Å². The number of methoxy groups -OCH3 is 1. The van der Waals surface area contributed by atoms with E-state index in [-0.39, 0.29) is 12.8 Å². The van der Waals surface area contributed by atoms with Gasteiger partial charge in [0.25, 0.3) is 0 Å². The van der Waals surface area contributed by atoms with Crippen LogP contribution in [-0.2, 0) is 4.74 Å². The highest BCUT2D eigenvalue weighted by Crippen LogP contribution is 2.35. The summed E-state index contributed by atoms with van der Waals surface area (Å²) in [4.78, 5) is 16.0. The summed E-state index contributed by atoms with van der Waals surface area (Å²) in [6.07, 6.45) is 0. The van der Waals surface area contributed by atoms with Crippen LogP contribution < -0.4 is 9.47 Å². The van der Waals surface area contributed by atoms with Crippen molar-refractivity contribution in [2.24, 2.45) is 0 Å². The van der Waals surface area contributed by atoms with Gasteiger partial charge in [0.15, 0.2) is 11.5 Å². The number of benzene rings is 1. The zero-order valence-corrected chi connectivity index (χ0v) is 11.2. The average molecular weight is 271 g/mol. The summed E-state index contributed by atoms with van der Waals surface area (Å²) in [5.74, 6) is 1.06. The number of rotatable bonds is 2. The summed E-state index contributed by atoms with van der Waals surface area (Å²) in [5.41, 5.74) is 2.78. The van der Waals surface area contributed by atoms with E-state index in [4.69, 9.17) is 14.2 Å². The summed E-state index contributed by atoms with van der Waals surface area (Å²) in [6, 6.07) is 9.14. The zero-order valence-electron chi connectivity index (χ0n) is 11.2. The van der Waals surface area contributed by atoms with Crippen LogP contribution in [0.5, 0.6) is 11.5 Å². The van der Waals surface area contributed by atoms with Crippen LogP contribution in [0.4, 0.5) is 0 Å². The number of pyridine rings is 1. The first-order chi connectivity index (χ1) is 9.69. The molecule has 0 aliphatic carbocycles. The van der Waals surface area contributed by atoms with Crippen molar-refractivity contribution in [2.75, 3.05) is 13.9 Å². The molecule has 0 radical (unpaired) electrons. The summed E-state index contributed by atoms with van der Waals surface area (Å²) in [6.45, 7) is 2.02. The van der Waals surface area contributed by atoms with Crippen molar-refractivity contribution in [3.63, 3.8) is 0 Å². The maximum Gasteiger partial charge on any atom is 0.339 e. The molecule has 0 amide bonds. The average Bonchev–Trinajstić information content (AvgIpc) is 2.93. The fourth-order valence-corrected chi connectivity index (χ4v) is 2.10. The first-order valence-electron chi connectivity index (χ1n) is 6.15. The van der Waals surface area contributed by atoms with Crippen LogP contribution in [0, 0.1) is 6.92 Å². The molecule has 1 aliphatic heterocycles. The van der Waals surface area contributed by atoms with Crippen LogP contribution in [0.15, 0.2) is 30.3 Å². The Morgan fingerprint density at radius 3 is 2.75 bits per heavy atom. The molecule has 0 saturated heterocycles. The van der Waals surface area contributed by atoms with E-state index in [1.165, 1.54) is 7.11 Å². The molecule has 3 rings (SSSR count). The lowest BCUT2D eigenvalue weighted by molar-refractivity contribution is 0.0599. The highest BCUT2D eigenvalue weighted by Gasteiger charge is 2.16. The van der Waals surface area contributed by atoms with E-state index in [9.17, 15) is 4.79 Å². The van der Waals surface area contributed by atoms with Gasteiger partial charge < -0.3 is 14.2 Å². The molecule has 0 atom stereocenters. The maximum absolute atomic E-state index is 11.5. The lowest BCUT2D eigenvalue weighted by atomic mass is 10.1. The molecular weight excluding hydrogens is 258 g/mol. The second-order valence-corrected chi connectivity index (χ2v) is 4.39. The van der Waals surface area contributed by atoms with Crippen molar-refractivity contribution in [3.05, 3.63) is 41.6 Å².